The minimum atomic E-state index is -2.57. The zero-order valence-electron chi connectivity index (χ0n) is 6.54. The zero-order valence-corrected chi connectivity index (χ0v) is 8.19. The first kappa shape index (κ1) is 8.75. The highest BCUT2D eigenvalue weighted by Crippen LogP contribution is 2.20. The van der Waals surface area contributed by atoms with Gasteiger partial charge in [-0.2, -0.15) is 0 Å². The third-order valence-electron chi connectivity index (χ3n) is 1.50. The Kier molecular flexibility index (Phi) is 2.35. The van der Waals surface area contributed by atoms with E-state index in [4.69, 9.17) is 10.7 Å². The van der Waals surface area contributed by atoms with Crippen molar-refractivity contribution in [2.75, 3.05) is 6.26 Å². The Bertz CT molecular complexity index is 285. The Balaban J connectivity index is 3.09. The van der Waals surface area contributed by atoms with Gasteiger partial charge < -0.3 is 0 Å². The minimum absolute atomic E-state index is 0.727. The van der Waals surface area contributed by atoms with Crippen LogP contribution in [0.25, 0.3) is 0 Å². The van der Waals surface area contributed by atoms with E-state index in [1.54, 1.807) is 6.26 Å². The SMILES string of the molecule is Cc1ccc([SH](C)(=O)Cl)cc1. The van der Waals surface area contributed by atoms with E-state index in [-0.39, 0.29) is 0 Å². The van der Waals surface area contributed by atoms with E-state index >= 15 is 0 Å². The molecule has 1 aromatic rings. The van der Waals surface area contributed by atoms with Crippen molar-refractivity contribution in [3.05, 3.63) is 29.8 Å². The summed E-state index contributed by atoms with van der Waals surface area (Å²) in [5.41, 5.74) is 1.15. The van der Waals surface area contributed by atoms with Crippen molar-refractivity contribution in [3.8, 4) is 0 Å². The highest BCUT2D eigenvalue weighted by atomic mass is 35.7. The Labute approximate surface area is 72.3 Å². The lowest BCUT2D eigenvalue weighted by molar-refractivity contribution is 0.683. The average molecular weight is 191 g/mol. The van der Waals surface area contributed by atoms with Crippen LogP contribution in [-0.4, -0.2) is 10.5 Å². The molecule has 0 fully saturated rings. The van der Waals surface area contributed by atoms with Gasteiger partial charge in [0.1, 0.15) is 0 Å². The quantitative estimate of drug-likeness (QED) is 0.531. The van der Waals surface area contributed by atoms with E-state index in [1.807, 2.05) is 31.2 Å². The van der Waals surface area contributed by atoms with Crippen molar-refractivity contribution in [1.82, 2.24) is 0 Å². The predicted octanol–water partition coefficient (Wildman–Crippen LogP) is 2.15. The van der Waals surface area contributed by atoms with Gasteiger partial charge in [0.25, 0.3) is 0 Å². The number of halogens is 1. The standard InChI is InChI=1S/C8H11ClOS/c1-7-3-5-8(6-4-7)11(2,9)10/h3-6,11H,1-2H3. The minimum Gasteiger partial charge on any atom is -0.266 e. The molecule has 0 N–H and O–H groups in total. The van der Waals surface area contributed by atoms with Crippen molar-refractivity contribution in [2.45, 2.75) is 11.8 Å². The summed E-state index contributed by atoms with van der Waals surface area (Å²) in [4.78, 5) is 0.727. The molecule has 0 atom stereocenters. The van der Waals surface area contributed by atoms with Gasteiger partial charge in [-0.15, -0.1) is 0 Å². The molecule has 1 rings (SSSR count). The third kappa shape index (κ3) is 2.31. The molecular weight excluding hydrogens is 180 g/mol. The summed E-state index contributed by atoms with van der Waals surface area (Å²) < 4.78 is 11.3. The van der Waals surface area contributed by atoms with Gasteiger partial charge in [-0.3, -0.25) is 4.21 Å². The molecular formula is C8H11ClOS. The van der Waals surface area contributed by atoms with Crippen LogP contribution in [0.1, 0.15) is 5.56 Å². The molecule has 0 unspecified atom stereocenters. The number of hydrogen-bond acceptors (Lipinski definition) is 1. The van der Waals surface area contributed by atoms with Crippen LogP contribution < -0.4 is 0 Å². The fourth-order valence-electron chi connectivity index (χ4n) is 0.811. The lowest BCUT2D eigenvalue weighted by Gasteiger charge is -2.08. The number of rotatable bonds is 1. The van der Waals surface area contributed by atoms with E-state index in [0.717, 1.165) is 10.5 Å². The molecule has 1 aromatic carbocycles. The average Bonchev–Trinajstić information content (AvgIpc) is 1.86. The lowest BCUT2D eigenvalue weighted by atomic mass is 10.2. The van der Waals surface area contributed by atoms with Gasteiger partial charge >= 0.3 is 0 Å². The summed E-state index contributed by atoms with van der Waals surface area (Å²) in [7, 11) is 3.10. The Hall–Kier alpha value is -0.340. The second-order valence-electron chi connectivity index (χ2n) is 2.66. The second kappa shape index (κ2) is 2.95. The summed E-state index contributed by atoms with van der Waals surface area (Å²) in [6, 6.07) is 7.44. The van der Waals surface area contributed by atoms with Gasteiger partial charge in [0.15, 0.2) is 0 Å². The molecule has 0 saturated carbocycles. The first-order chi connectivity index (χ1) is 5.00. The predicted molar refractivity (Wildman–Crippen MR) is 50.8 cm³/mol. The normalized spacial score (nSPS) is 13.0. The fourth-order valence-corrected chi connectivity index (χ4v) is 1.83. The highest BCUT2D eigenvalue weighted by molar-refractivity contribution is 8.23. The molecule has 0 radical (unpaired) electrons. The monoisotopic (exact) mass is 190 g/mol. The topological polar surface area (TPSA) is 17.1 Å². The van der Waals surface area contributed by atoms with E-state index < -0.39 is 9.15 Å². The van der Waals surface area contributed by atoms with Crippen LogP contribution in [0.4, 0.5) is 0 Å². The second-order valence-corrected chi connectivity index (χ2v) is 6.75. The van der Waals surface area contributed by atoms with Crippen molar-refractivity contribution >= 4 is 19.8 Å². The molecule has 0 saturated heterocycles. The van der Waals surface area contributed by atoms with Gasteiger partial charge in [0, 0.05) is 11.2 Å². The number of thiol groups is 1. The molecule has 3 heteroatoms. The highest BCUT2D eigenvalue weighted by Gasteiger charge is 2.05. The van der Waals surface area contributed by atoms with Crippen LogP contribution in [0.3, 0.4) is 0 Å². The fraction of sp³-hybridized carbons (Fsp3) is 0.250. The first-order valence-corrected chi connectivity index (χ1v) is 6.40. The maximum Gasteiger partial charge on any atom is 0.0275 e. The van der Waals surface area contributed by atoms with Gasteiger partial charge in [-0.05, 0) is 38.9 Å². The van der Waals surface area contributed by atoms with Gasteiger partial charge in [0.05, 0.1) is 0 Å². The summed E-state index contributed by atoms with van der Waals surface area (Å²) in [5.74, 6) is 0. The van der Waals surface area contributed by atoms with Crippen LogP contribution in [0.2, 0.25) is 0 Å². The van der Waals surface area contributed by atoms with E-state index in [9.17, 15) is 4.21 Å². The summed E-state index contributed by atoms with van der Waals surface area (Å²) >= 11 is 0. The number of aryl methyl sites for hydroxylation is 1. The van der Waals surface area contributed by atoms with Crippen molar-refractivity contribution in [2.24, 2.45) is 0 Å². The molecule has 0 aliphatic carbocycles. The van der Waals surface area contributed by atoms with Crippen LogP contribution >= 0.6 is 10.7 Å². The maximum atomic E-state index is 11.3. The van der Waals surface area contributed by atoms with Crippen LogP contribution in [0.5, 0.6) is 0 Å². The largest absolute Gasteiger partial charge is 0.266 e. The summed E-state index contributed by atoms with van der Waals surface area (Å²) in [6.45, 7) is 1.98. The van der Waals surface area contributed by atoms with Gasteiger partial charge in [0.2, 0.25) is 0 Å². The van der Waals surface area contributed by atoms with Crippen LogP contribution in [0.15, 0.2) is 29.2 Å². The molecule has 0 heterocycles. The van der Waals surface area contributed by atoms with Crippen LogP contribution in [0, 0.1) is 6.92 Å². The Morgan fingerprint density at radius 3 is 2.09 bits per heavy atom. The number of benzene rings is 1. The molecule has 0 aliphatic heterocycles. The zero-order chi connectivity index (χ0) is 8.48. The van der Waals surface area contributed by atoms with E-state index in [1.165, 1.54) is 0 Å². The molecule has 1 nitrogen and oxygen atoms in total. The molecule has 0 spiro atoms. The van der Waals surface area contributed by atoms with E-state index in [2.05, 4.69) is 0 Å². The van der Waals surface area contributed by atoms with Gasteiger partial charge in [-0.25, -0.2) is 0 Å². The smallest absolute Gasteiger partial charge is 0.0275 e. The number of hydrogen-bond donors (Lipinski definition) is 1. The summed E-state index contributed by atoms with van der Waals surface area (Å²) in [6.07, 6.45) is 1.55. The Morgan fingerprint density at radius 2 is 1.73 bits per heavy atom. The maximum absolute atomic E-state index is 11.3. The van der Waals surface area contributed by atoms with Crippen molar-refractivity contribution in [1.29, 1.82) is 0 Å². The molecule has 0 amide bonds. The molecule has 0 aliphatic rings. The van der Waals surface area contributed by atoms with Gasteiger partial charge in [-0.1, -0.05) is 17.7 Å². The molecule has 11 heavy (non-hydrogen) atoms. The molecule has 0 aromatic heterocycles. The summed E-state index contributed by atoms with van der Waals surface area (Å²) in [5, 5.41) is 0. The van der Waals surface area contributed by atoms with E-state index in [0.29, 0.717) is 0 Å². The van der Waals surface area contributed by atoms with Crippen molar-refractivity contribution in [3.63, 3.8) is 0 Å². The molecule has 62 valence electrons. The van der Waals surface area contributed by atoms with Crippen LogP contribution in [-0.2, 0) is 9.15 Å². The van der Waals surface area contributed by atoms with Crippen molar-refractivity contribution < 1.29 is 4.21 Å². The first-order valence-electron chi connectivity index (χ1n) is 3.34. The third-order valence-corrected chi connectivity index (χ3v) is 3.30. The lowest BCUT2D eigenvalue weighted by Crippen LogP contribution is -1.98. The molecule has 0 bridgehead atoms. The Morgan fingerprint density at radius 1 is 1.27 bits per heavy atom.